The third-order valence-electron chi connectivity index (χ3n) is 4.93. The summed E-state index contributed by atoms with van der Waals surface area (Å²) in [5.41, 5.74) is 3.17. The first-order valence-electron chi connectivity index (χ1n) is 10.1. The van der Waals surface area contributed by atoms with Crippen LogP contribution in [0.25, 0.3) is 0 Å². The number of anilines is 1. The molecule has 0 saturated carbocycles. The van der Waals surface area contributed by atoms with Crippen molar-refractivity contribution >= 4 is 5.69 Å². The van der Waals surface area contributed by atoms with E-state index in [4.69, 9.17) is 9.47 Å². The van der Waals surface area contributed by atoms with E-state index in [2.05, 4.69) is 21.3 Å². The van der Waals surface area contributed by atoms with Crippen LogP contribution in [-0.4, -0.2) is 42.2 Å². The number of piperidine rings is 1. The molecule has 0 unspecified atom stereocenters. The number of hydrogen-bond donors (Lipinski definition) is 1. The van der Waals surface area contributed by atoms with Gasteiger partial charge in [-0.2, -0.15) is 4.39 Å². The summed E-state index contributed by atoms with van der Waals surface area (Å²) in [6.45, 7) is 9.32. The number of halogens is 1. The van der Waals surface area contributed by atoms with Gasteiger partial charge in [0.05, 0.1) is 13.2 Å². The normalized spacial score (nSPS) is 15.4. The maximum absolute atomic E-state index is 14.4. The van der Waals surface area contributed by atoms with Gasteiger partial charge in [0.15, 0.2) is 11.5 Å². The second kappa shape index (κ2) is 9.73. The van der Waals surface area contributed by atoms with E-state index >= 15 is 0 Å². The van der Waals surface area contributed by atoms with Gasteiger partial charge >= 0.3 is 0 Å². The molecule has 6 heteroatoms. The van der Waals surface area contributed by atoms with Crippen molar-refractivity contribution in [3.8, 4) is 11.5 Å². The highest BCUT2D eigenvalue weighted by Crippen LogP contribution is 2.30. The van der Waals surface area contributed by atoms with E-state index in [0.29, 0.717) is 19.3 Å². The third-order valence-corrected chi connectivity index (χ3v) is 4.93. The molecule has 2 heterocycles. The molecule has 2 aromatic rings. The van der Waals surface area contributed by atoms with Gasteiger partial charge in [0, 0.05) is 43.3 Å². The summed E-state index contributed by atoms with van der Waals surface area (Å²) in [5, 5.41) is 3.61. The van der Waals surface area contributed by atoms with E-state index in [1.807, 2.05) is 33.0 Å². The molecule has 0 atom stereocenters. The zero-order valence-electron chi connectivity index (χ0n) is 17.0. The Morgan fingerprint density at radius 1 is 1.11 bits per heavy atom. The van der Waals surface area contributed by atoms with Crippen LogP contribution >= 0.6 is 0 Å². The smallest absolute Gasteiger partial charge is 0.206 e. The minimum absolute atomic E-state index is 0.271. The lowest BCUT2D eigenvalue weighted by molar-refractivity contribution is 0.210. The Morgan fingerprint density at radius 2 is 1.75 bits per heavy atom. The van der Waals surface area contributed by atoms with Crippen LogP contribution in [0.4, 0.5) is 10.1 Å². The van der Waals surface area contributed by atoms with Gasteiger partial charge in [-0.05, 0) is 63.4 Å². The Labute approximate surface area is 166 Å². The summed E-state index contributed by atoms with van der Waals surface area (Å²) < 4.78 is 25.3. The SMILES string of the molecule is CCOc1cc(CN2CCC(Nc3ccnc(C)c3)CC2)cc(OCC)c1F. The number of benzene rings is 1. The fourth-order valence-corrected chi connectivity index (χ4v) is 3.60. The van der Waals surface area contributed by atoms with Crippen molar-refractivity contribution < 1.29 is 13.9 Å². The summed E-state index contributed by atoms with van der Waals surface area (Å²) in [5.74, 6) is 0.129. The first-order chi connectivity index (χ1) is 13.6. The molecule has 1 N–H and O–H groups in total. The number of nitrogens with zero attached hydrogens (tertiary/aromatic N) is 2. The molecule has 28 heavy (non-hydrogen) atoms. The lowest BCUT2D eigenvalue weighted by atomic mass is 10.0. The minimum atomic E-state index is -0.414. The van der Waals surface area contributed by atoms with Gasteiger partial charge < -0.3 is 14.8 Å². The topological polar surface area (TPSA) is 46.6 Å². The largest absolute Gasteiger partial charge is 0.491 e. The van der Waals surface area contributed by atoms with Gasteiger partial charge in [0.2, 0.25) is 5.82 Å². The lowest BCUT2D eigenvalue weighted by Gasteiger charge is -2.33. The highest BCUT2D eigenvalue weighted by Gasteiger charge is 2.21. The molecule has 1 aromatic heterocycles. The maximum Gasteiger partial charge on any atom is 0.206 e. The number of rotatable bonds is 8. The van der Waals surface area contributed by atoms with Gasteiger partial charge in [0.1, 0.15) is 0 Å². The van der Waals surface area contributed by atoms with Gasteiger partial charge in [0.25, 0.3) is 0 Å². The molecule has 1 saturated heterocycles. The van der Waals surface area contributed by atoms with E-state index in [0.717, 1.165) is 49.4 Å². The first kappa shape index (κ1) is 20.4. The average molecular weight is 387 g/mol. The van der Waals surface area contributed by atoms with Crippen LogP contribution in [0.3, 0.4) is 0 Å². The second-order valence-electron chi connectivity index (χ2n) is 7.15. The number of pyridine rings is 1. The Morgan fingerprint density at radius 3 is 2.32 bits per heavy atom. The highest BCUT2D eigenvalue weighted by molar-refractivity contribution is 5.44. The number of hydrogen-bond acceptors (Lipinski definition) is 5. The number of nitrogens with one attached hydrogen (secondary N) is 1. The Bertz CT molecular complexity index is 749. The van der Waals surface area contributed by atoms with Gasteiger partial charge in [-0.3, -0.25) is 9.88 Å². The zero-order valence-corrected chi connectivity index (χ0v) is 17.0. The van der Waals surface area contributed by atoms with Crippen molar-refractivity contribution in [2.24, 2.45) is 0 Å². The third kappa shape index (κ3) is 5.35. The fourth-order valence-electron chi connectivity index (χ4n) is 3.60. The van der Waals surface area contributed by atoms with Gasteiger partial charge in [-0.25, -0.2) is 0 Å². The molecule has 0 spiro atoms. The van der Waals surface area contributed by atoms with E-state index in [1.165, 1.54) is 0 Å². The summed E-state index contributed by atoms with van der Waals surface area (Å²) in [7, 11) is 0. The predicted octanol–water partition coefficient (Wildman–Crippen LogP) is 4.40. The van der Waals surface area contributed by atoms with E-state index < -0.39 is 5.82 Å². The molecule has 3 rings (SSSR count). The summed E-state index contributed by atoms with van der Waals surface area (Å²) >= 11 is 0. The molecule has 152 valence electrons. The number of aryl methyl sites for hydroxylation is 1. The standard InChI is InChI=1S/C22H30FN3O2/c1-4-27-20-13-17(14-21(22(20)23)28-5-2)15-26-10-7-18(8-11-26)25-19-6-9-24-16(3)12-19/h6,9,12-14,18H,4-5,7-8,10-11,15H2,1-3H3,(H,24,25). The Balaban J connectivity index is 1.59. The van der Waals surface area contributed by atoms with Gasteiger partial charge in [-0.1, -0.05) is 0 Å². The first-order valence-corrected chi connectivity index (χ1v) is 10.1. The van der Waals surface area contributed by atoms with Crippen LogP contribution < -0.4 is 14.8 Å². The highest BCUT2D eigenvalue weighted by atomic mass is 19.1. The van der Waals surface area contributed by atoms with Crippen molar-refractivity contribution in [3.63, 3.8) is 0 Å². The molecule has 1 fully saturated rings. The molecule has 0 radical (unpaired) electrons. The van der Waals surface area contributed by atoms with E-state index in [1.54, 1.807) is 12.1 Å². The Hall–Kier alpha value is -2.34. The molecular weight excluding hydrogens is 357 g/mol. The fraction of sp³-hybridized carbons (Fsp3) is 0.500. The van der Waals surface area contributed by atoms with Crippen molar-refractivity contribution in [3.05, 3.63) is 47.5 Å². The minimum Gasteiger partial charge on any atom is -0.491 e. The van der Waals surface area contributed by atoms with E-state index in [9.17, 15) is 4.39 Å². The predicted molar refractivity (Wildman–Crippen MR) is 110 cm³/mol. The molecule has 1 aliphatic rings. The molecule has 1 aromatic carbocycles. The molecule has 5 nitrogen and oxygen atoms in total. The summed E-state index contributed by atoms with van der Waals surface area (Å²) in [4.78, 5) is 6.64. The molecule has 0 aliphatic carbocycles. The van der Waals surface area contributed by atoms with Crippen LogP contribution in [-0.2, 0) is 6.54 Å². The van der Waals surface area contributed by atoms with Crippen molar-refractivity contribution in [2.45, 2.75) is 46.2 Å². The number of aromatic nitrogens is 1. The van der Waals surface area contributed by atoms with Gasteiger partial charge in [-0.15, -0.1) is 0 Å². The van der Waals surface area contributed by atoms with Crippen LogP contribution in [0.5, 0.6) is 11.5 Å². The molecule has 0 bridgehead atoms. The zero-order chi connectivity index (χ0) is 19.9. The maximum atomic E-state index is 14.4. The molecule has 1 aliphatic heterocycles. The number of likely N-dealkylation sites (tertiary alicyclic amines) is 1. The van der Waals surface area contributed by atoms with Crippen LogP contribution in [0.15, 0.2) is 30.5 Å². The van der Waals surface area contributed by atoms with E-state index in [-0.39, 0.29) is 11.5 Å². The van der Waals surface area contributed by atoms with Crippen molar-refractivity contribution in [2.75, 3.05) is 31.6 Å². The van der Waals surface area contributed by atoms with Crippen LogP contribution in [0.2, 0.25) is 0 Å². The van der Waals surface area contributed by atoms with Crippen molar-refractivity contribution in [1.82, 2.24) is 9.88 Å². The molecule has 0 amide bonds. The average Bonchev–Trinajstić information content (AvgIpc) is 2.67. The monoisotopic (exact) mass is 387 g/mol. The number of ether oxygens (including phenoxy) is 2. The summed E-state index contributed by atoms with van der Waals surface area (Å²) in [6, 6.07) is 8.15. The molecular formula is C22H30FN3O2. The quantitative estimate of drug-likeness (QED) is 0.727. The summed E-state index contributed by atoms with van der Waals surface area (Å²) in [6.07, 6.45) is 3.98. The second-order valence-corrected chi connectivity index (χ2v) is 7.15. The Kier molecular flexibility index (Phi) is 7.09. The van der Waals surface area contributed by atoms with Crippen LogP contribution in [0.1, 0.15) is 37.9 Å². The lowest BCUT2D eigenvalue weighted by Crippen LogP contribution is -2.38. The van der Waals surface area contributed by atoms with Crippen LogP contribution in [0, 0.1) is 12.7 Å². The van der Waals surface area contributed by atoms with Crippen molar-refractivity contribution in [1.29, 1.82) is 0 Å².